The van der Waals surface area contributed by atoms with Gasteiger partial charge in [0.25, 0.3) is 0 Å². The highest BCUT2D eigenvalue weighted by molar-refractivity contribution is 5.10. The fourth-order valence-electron chi connectivity index (χ4n) is 2.74. The van der Waals surface area contributed by atoms with Crippen LogP contribution >= 0.6 is 0 Å². The average molecular weight is 251 g/mol. The van der Waals surface area contributed by atoms with Gasteiger partial charge in [0.1, 0.15) is 0 Å². The first-order valence-corrected chi connectivity index (χ1v) is 7.05. The zero-order valence-electron chi connectivity index (χ0n) is 11.8. The number of nitrogens with one attached hydrogen (secondary N) is 1. The van der Waals surface area contributed by atoms with E-state index in [0.717, 1.165) is 31.7 Å². The number of nitrogens with zero attached hydrogens (tertiary/aromatic N) is 2. The van der Waals surface area contributed by atoms with Crippen LogP contribution in [-0.4, -0.2) is 35.6 Å². The zero-order valence-corrected chi connectivity index (χ0v) is 11.8. The number of aromatic nitrogens is 2. The van der Waals surface area contributed by atoms with Crippen molar-refractivity contribution in [3.8, 4) is 0 Å². The number of aryl methyl sites for hydroxylation is 2. The standard InChI is InChI=1S/C14H25N3O/c1-4-17-13(8-11(2)16-17)9-12(15-3)10-14-6-5-7-18-14/h8,12,14-15H,4-7,9-10H2,1-3H3. The SMILES string of the molecule is CCn1nc(C)cc1CC(CC1CCCO1)NC. The minimum absolute atomic E-state index is 0.446. The summed E-state index contributed by atoms with van der Waals surface area (Å²) in [5.41, 5.74) is 2.44. The summed E-state index contributed by atoms with van der Waals surface area (Å²) >= 11 is 0. The van der Waals surface area contributed by atoms with Crippen molar-refractivity contribution in [3.05, 3.63) is 17.5 Å². The van der Waals surface area contributed by atoms with E-state index in [4.69, 9.17) is 4.74 Å². The van der Waals surface area contributed by atoms with Gasteiger partial charge in [0.2, 0.25) is 0 Å². The van der Waals surface area contributed by atoms with E-state index in [-0.39, 0.29) is 0 Å². The van der Waals surface area contributed by atoms with E-state index >= 15 is 0 Å². The molecular formula is C14H25N3O. The van der Waals surface area contributed by atoms with Crippen LogP contribution in [-0.2, 0) is 17.7 Å². The molecule has 18 heavy (non-hydrogen) atoms. The number of ether oxygens (including phenoxy) is 1. The number of rotatable bonds is 6. The molecule has 0 spiro atoms. The molecule has 2 heterocycles. The fraction of sp³-hybridized carbons (Fsp3) is 0.786. The van der Waals surface area contributed by atoms with Gasteiger partial charge in [0, 0.05) is 31.3 Å². The molecule has 1 aromatic heterocycles. The summed E-state index contributed by atoms with van der Waals surface area (Å²) in [6.45, 7) is 6.08. The molecule has 0 aromatic carbocycles. The molecule has 4 heteroatoms. The van der Waals surface area contributed by atoms with Crippen molar-refractivity contribution in [2.24, 2.45) is 0 Å². The summed E-state index contributed by atoms with van der Waals surface area (Å²) in [6.07, 6.45) is 5.01. The van der Waals surface area contributed by atoms with Crippen LogP contribution in [0, 0.1) is 6.92 Å². The van der Waals surface area contributed by atoms with Crippen molar-refractivity contribution < 1.29 is 4.74 Å². The molecule has 0 saturated carbocycles. The Morgan fingerprint density at radius 1 is 1.61 bits per heavy atom. The van der Waals surface area contributed by atoms with E-state index < -0.39 is 0 Å². The molecule has 1 aliphatic rings. The molecule has 4 nitrogen and oxygen atoms in total. The molecule has 1 saturated heterocycles. The van der Waals surface area contributed by atoms with Gasteiger partial charge < -0.3 is 10.1 Å². The highest BCUT2D eigenvalue weighted by atomic mass is 16.5. The maximum atomic E-state index is 5.72. The Hall–Kier alpha value is -0.870. The van der Waals surface area contributed by atoms with Crippen molar-refractivity contribution in [2.75, 3.05) is 13.7 Å². The normalized spacial score (nSPS) is 21.4. The molecule has 102 valence electrons. The lowest BCUT2D eigenvalue weighted by atomic mass is 10.0. The number of likely N-dealkylation sites (N-methyl/N-ethyl adjacent to an activating group) is 1. The molecule has 0 aliphatic carbocycles. The Labute approximate surface area is 110 Å². The van der Waals surface area contributed by atoms with Crippen molar-refractivity contribution in [3.63, 3.8) is 0 Å². The average Bonchev–Trinajstić information content (AvgIpc) is 2.98. The van der Waals surface area contributed by atoms with E-state index in [1.807, 2.05) is 7.05 Å². The molecule has 2 rings (SSSR count). The van der Waals surface area contributed by atoms with Gasteiger partial charge in [-0.15, -0.1) is 0 Å². The third kappa shape index (κ3) is 3.33. The van der Waals surface area contributed by atoms with Crippen LogP contribution in [0.15, 0.2) is 6.07 Å². The second-order valence-electron chi connectivity index (χ2n) is 5.15. The lowest BCUT2D eigenvalue weighted by molar-refractivity contribution is 0.0952. The molecule has 1 aliphatic heterocycles. The molecule has 0 radical (unpaired) electrons. The van der Waals surface area contributed by atoms with Crippen LogP contribution < -0.4 is 5.32 Å². The van der Waals surface area contributed by atoms with Crippen molar-refractivity contribution >= 4 is 0 Å². The predicted octanol–water partition coefficient (Wildman–Crippen LogP) is 1.91. The number of hydrogen-bond donors (Lipinski definition) is 1. The fourth-order valence-corrected chi connectivity index (χ4v) is 2.74. The Morgan fingerprint density at radius 3 is 3.06 bits per heavy atom. The van der Waals surface area contributed by atoms with Crippen LogP contribution in [0.3, 0.4) is 0 Å². The van der Waals surface area contributed by atoms with Crippen LogP contribution in [0.4, 0.5) is 0 Å². The van der Waals surface area contributed by atoms with Crippen LogP contribution in [0.25, 0.3) is 0 Å². The lowest BCUT2D eigenvalue weighted by Crippen LogP contribution is -2.32. The molecule has 1 N–H and O–H groups in total. The van der Waals surface area contributed by atoms with Gasteiger partial charge in [-0.25, -0.2) is 0 Å². The highest BCUT2D eigenvalue weighted by Gasteiger charge is 2.21. The summed E-state index contributed by atoms with van der Waals surface area (Å²) in [4.78, 5) is 0. The first-order chi connectivity index (χ1) is 8.72. The van der Waals surface area contributed by atoms with Gasteiger partial charge in [0.15, 0.2) is 0 Å². The molecule has 1 fully saturated rings. The predicted molar refractivity (Wildman–Crippen MR) is 72.8 cm³/mol. The Morgan fingerprint density at radius 2 is 2.44 bits per heavy atom. The van der Waals surface area contributed by atoms with Gasteiger partial charge >= 0.3 is 0 Å². The van der Waals surface area contributed by atoms with Crippen molar-refractivity contribution in [1.82, 2.24) is 15.1 Å². The molecule has 0 amide bonds. The van der Waals surface area contributed by atoms with E-state index in [1.165, 1.54) is 18.5 Å². The second-order valence-corrected chi connectivity index (χ2v) is 5.15. The monoisotopic (exact) mass is 251 g/mol. The topological polar surface area (TPSA) is 39.1 Å². The highest BCUT2D eigenvalue weighted by Crippen LogP contribution is 2.19. The Balaban J connectivity index is 1.95. The van der Waals surface area contributed by atoms with E-state index in [1.54, 1.807) is 0 Å². The van der Waals surface area contributed by atoms with Crippen molar-refractivity contribution in [1.29, 1.82) is 0 Å². The Bertz CT molecular complexity index is 369. The summed E-state index contributed by atoms with van der Waals surface area (Å²) in [5, 5.41) is 7.92. The third-order valence-corrected chi connectivity index (χ3v) is 3.72. The maximum absolute atomic E-state index is 5.72. The maximum Gasteiger partial charge on any atom is 0.0596 e. The summed E-state index contributed by atoms with van der Waals surface area (Å²) in [7, 11) is 2.04. The zero-order chi connectivity index (χ0) is 13.0. The minimum atomic E-state index is 0.446. The van der Waals surface area contributed by atoms with Crippen LogP contribution in [0.1, 0.15) is 37.6 Å². The van der Waals surface area contributed by atoms with Gasteiger partial charge in [-0.1, -0.05) is 0 Å². The second kappa shape index (κ2) is 6.34. The first kappa shape index (κ1) is 13.6. The first-order valence-electron chi connectivity index (χ1n) is 7.05. The van der Waals surface area contributed by atoms with E-state index in [9.17, 15) is 0 Å². The molecule has 1 aromatic rings. The lowest BCUT2D eigenvalue weighted by Gasteiger charge is -2.20. The summed E-state index contributed by atoms with van der Waals surface area (Å²) < 4.78 is 7.83. The van der Waals surface area contributed by atoms with Gasteiger partial charge in [-0.05, 0) is 46.2 Å². The molecular weight excluding hydrogens is 226 g/mol. The minimum Gasteiger partial charge on any atom is -0.378 e. The molecule has 2 unspecified atom stereocenters. The van der Waals surface area contributed by atoms with Gasteiger partial charge in [0.05, 0.1) is 11.8 Å². The molecule has 2 atom stereocenters. The van der Waals surface area contributed by atoms with E-state index in [2.05, 4.69) is 35.0 Å². The smallest absolute Gasteiger partial charge is 0.0596 e. The largest absolute Gasteiger partial charge is 0.378 e. The quantitative estimate of drug-likeness (QED) is 0.839. The summed E-state index contributed by atoms with van der Waals surface area (Å²) in [6, 6.07) is 2.68. The van der Waals surface area contributed by atoms with Gasteiger partial charge in [-0.2, -0.15) is 5.10 Å². The van der Waals surface area contributed by atoms with Crippen LogP contribution in [0.2, 0.25) is 0 Å². The van der Waals surface area contributed by atoms with Crippen molar-refractivity contribution in [2.45, 2.75) is 58.2 Å². The van der Waals surface area contributed by atoms with E-state index in [0.29, 0.717) is 12.1 Å². The summed E-state index contributed by atoms with van der Waals surface area (Å²) in [5.74, 6) is 0. The molecule has 0 bridgehead atoms. The van der Waals surface area contributed by atoms with Gasteiger partial charge in [-0.3, -0.25) is 4.68 Å². The van der Waals surface area contributed by atoms with Crippen LogP contribution in [0.5, 0.6) is 0 Å². The number of hydrogen-bond acceptors (Lipinski definition) is 3. The third-order valence-electron chi connectivity index (χ3n) is 3.72. The Kier molecular flexibility index (Phi) is 4.78.